The van der Waals surface area contributed by atoms with Crippen molar-refractivity contribution in [3.8, 4) is 17.1 Å². The second kappa shape index (κ2) is 19.6. The first-order valence-electron chi connectivity index (χ1n) is 20.4. The van der Waals surface area contributed by atoms with Crippen LogP contribution in [0.4, 0.5) is 10.3 Å². The van der Waals surface area contributed by atoms with Gasteiger partial charge in [-0.1, -0.05) is 48.4 Å². The molecule has 0 saturated heterocycles. The zero-order valence-electron chi connectivity index (χ0n) is 34.5. The van der Waals surface area contributed by atoms with Gasteiger partial charge in [0.05, 0.1) is 23.9 Å². The molecular formula is C46H50N6O6S2. The van der Waals surface area contributed by atoms with Gasteiger partial charge in [-0.2, -0.15) is 0 Å². The highest BCUT2D eigenvalue weighted by molar-refractivity contribution is 7.22. The number of carbonyl (C=O) groups is 3. The summed E-state index contributed by atoms with van der Waals surface area (Å²) in [4.78, 5) is 59.8. The molecule has 0 fully saturated rings. The molecule has 0 atom stereocenters. The molecule has 0 bridgehead atoms. The summed E-state index contributed by atoms with van der Waals surface area (Å²) in [6.45, 7) is 7.31. The Morgan fingerprint density at radius 2 is 1.63 bits per heavy atom. The Kier molecular flexibility index (Phi) is 13.8. The van der Waals surface area contributed by atoms with E-state index in [0.717, 1.165) is 86.8 Å². The number of nitrogens with one attached hydrogen (secondary N) is 1. The van der Waals surface area contributed by atoms with E-state index in [1.54, 1.807) is 0 Å². The fourth-order valence-electron chi connectivity index (χ4n) is 7.05. The predicted octanol–water partition coefficient (Wildman–Crippen LogP) is 9.66. The first-order valence-corrected chi connectivity index (χ1v) is 22.0. The number of fused-ring (bicyclic) bond motifs is 2. The maximum absolute atomic E-state index is 13.6. The second-order valence-corrected chi connectivity index (χ2v) is 17.8. The van der Waals surface area contributed by atoms with Crippen LogP contribution in [0.1, 0.15) is 102 Å². The number of para-hydroxylation sites is 1. The summed E-state index contributed by atoms with van der Waals surface area (Å²) in [5.74, 6) is 0.578. The first kappa shape index (κ1) is 42.4. The number of hydrogen-bond acceptors (Lipinski definition) is 13. The largest absolute Gasteiger partial charge is 0.494 e. The Labute approximate surface area is 358 Å². The quantitative estimate of drug-likeness (QED) is 0.0692. The van der Waals surface area contributed by atoms with E-state index < -0.39 is 11.6 Å². The number of nitrogens with zero attached hydrogens (tertiary/aromatic N) is 5. The maximum Gasteiger partial charge on any atom is 0.357 e. The molecule has 1 N–H and O–H groups in total. The van der Waals surface area contributed by atoms with Gasteiger partial charge in [0.25, 0.3) is 5.91 Å². The number of aromatic nitrogens is 4. The van der Waals surface area contributed by atoms with Gasteiger partial charge in [-0.25, -0.2) is 24.7 Å². The van der Waals surface area contributed by atoms with Gasteiger partial charge in [0.1, 0.15) is 11.4 Å². The zero-order valence-corrected chi connectivity index (χ0v) is 36.1. The lowest BCUT2D eigenvalue weighted by Crippen LogP contribution is -2.32. The van der Waals surface area contributed by atoms with Gasteiger partial charge in [0.15, 0.2) is 21.8 Å². The lowest BCUT2D eigenvalue weighted by molar-refractivity contribution is -0.154. The topological polar surface area (TPSA) is 146 Å². The van der Waals surface area contributed by atoms with E-state index >= 15 is 0 Å². The van der Waals surface area contributed by atoms with Crippen molar-refractivity contribution in [3.05, 3.63) is 112 Å². The lowest BCUT2D eigenvalue weighted by atomic mass is 9.94. The molecule has 12 nitrogen and oxygen atoms in total. The van der Waals surface area contributed by atoms with Crippen LogP contribution in [-0.2, 0) is 40.1 Å². The lowest BCUT2D eigenvalue weighted by Gasteiger charge is -2.29. The van der Waals surface area contributed by atoms with Crippen LogP contribution in [0.3, 0.4) is 0 Å². The number of unbranched alkanes of at least 4 members (excludes halogenated alkanes) is 3. The number of ether oxygens (including phenoxy) is 3. The molecule has 1 aliphatic rings. The van der Waals surface area contributed by atoms with Crippen molar-refractivity contribution in [3.63, 3.8) is 0 Å². The van der Waals surface area contributed by atoms with Gasteiger partial charge in [0, 0.05) is 47.9 Å². The molecule has 6 aromatic rings. The van der Waals surface area contributed by atoms with E-state index in [-0.39, 0.29) is 11.9 Å². The molecule has 0 spiro atoms. The van der Waals surface area contributed by atoms with Crippen LogP contribution < -0.4 is 15.0 Å². The van der Waals surface area contributed by atoms with Gasteiger partial charge in [-0.05, 0) is 118 Å². The van der Waals surface area contributed by atoms with Gasteiger partial charge >= 0.3 is 11.9 Å². The number of amides is 1. The molecule has 312 valence electrons. The summed E-state index contributed by atoms with van der Waals surface area (Å²) < 4.78 is 17.6. The number of hydrogen-bond donors (Lipinski definition) is 1. The molecular weight excluding hydrogens is 797 g/mol. The molecule has 0 aliphatic carbocycles. The van der Waals surface area contributed by atoms with Crippen LogP contribution in [0.15, 0.2) is 79.1 Å². The summed E-state index contributed by atoms with van der Waals surface area (Å²) in [6, 6.07) is 21.4. The molecule has 1 aliphatic heterocycles. The van der Waals surface area contributed by atoms with Crippen molar-refractivity contribution < 1.29 is 28.6 Å². The molecule has 0 saturated carbocycles. The minimum atomic E-state index is -0.472. The highest BCUT2D eigenvalue weighted by Gasteiger charge is 2.27. The molecule has 0 unspecified atom stereocenters. The number of rotatable bonds is 17. The van der Waals surface area contributed by atoms with Crippen LogP contribution in [0.5, 0.6) is 5.75 Å². The number of thiazole rings is 2. The Balaban J connectivity index is 0.888. The third-order valence-electron chi connectivity index (χ3n) is 10.0. The second-order valence-electron chi connectivity index (χ2n) is 15.7. The highest BCUT2D eigenvalue weighted by Crippen LogP contribution is 2.34. The molecule has 3 aromatic carbocycles. The predicted molar refractivity (Wildman–Crippen MR) is 236 cm³/mol. The van der Waals surface area contributed by atoms with Gasteiger partial charge < -0.3 is 19.1 Å². The molecule has 7 rings (SSSR count). The molecule has 60 heavy (non-hydrogen) atoms. The molecule has 14 heteroatoms. The van der Waals surface area contributed by atoms with E-state index in [2.05, 4.69) is 31.2 Å². The van der Waals surface area contributed by atoms with E-state index in [4.69, 9.17) is 19.2 Å². The number of benzene rings is 3. The molecule has 4 heterocycles. The van der Waals surface area contributed by atoms with E-state index in [1.807, 2.05) is 93.8 Å². The standard InChI is InChI=1S/C46H50N6O6S2/c1-46(2,3)58-39(53)19-8-6-5-7-13-30-27-47-41(48-28-30)32-20-22-33(23-21-32)57-26-12-18-38-40(43(55)56-4)50-45(60-38)52-25-24-31-14-11-15-34(35(31)29-52)42(54)51-44-49-36-16-9-10-17-37(36)59-44/h9-11,14-17,20-23,27-28H,5-8,12-13,18-19,24-26,29H2,1-4H3,(H,49,51,54). The van der Waals surface area contributed by atoms with Gasteiger partial charge in [-0.15, -0.1) is 11.3 Å². The highest BCUT2D eigenvalue weighted by atomic mass is 32.1. The minimum Gasteiger partial charge on any atom is -0.494 e. The molecule has 1 amide bonds. The summed E-state index contributed by atoms with van der Waals surface area (Å²) in [7, 11) is 1.37. The van der Waals surface area contributed by atoms with Crippen LogP contribution in [0.2, 0.25) is 0 Å². The number of esters is 2. The van der Waals surface area contributed by atoms with E-state index in [0.29, 0.717) is 61.2 Å². The van der Waals surface area contributed by atoms with E-state index in [1.165, 1.54) is 29.8 Å². The first-order chi connectivity index (χ1) is 29.0. The van der Waals surface area contributed by atoms with Gasteiger partial charge in [-0.3, -0.25) is 14.9 Å². The summed E-state index contributed by atoms with van der Waals surface area (Å²) in [5, 5.41) is 4.28. The molecule has 0 radical (unpaired) electrons. The third kappa shape index (κ3) is 11.1. The Morgan fingerprint density at radius 3 is 2.40 bits per heavy atom. The van der Waals surface area contributed by atoms with Crippen molar-refractivity contribution in [2.45, 2.75) is 90.7 Å². The minimum absolute atomic E-state index is 0.133. The Hall–Kier alpha value is -5.73. The van der Waals surface area contributed by atoms with Crippen LogP contribution in [0, 0.1) is 0 Å². The van der Waals surface area contributed by atoms with Crippen molar-refractivity contribution in [1.82, 2.24) is 19.9 Å². The monoisotopic (exact) mass is 846 g/mol. The van der Waals surface area contributed by atoms with Gasteiger partial charge in [0.2, 0.25) is 0 Å². The normalized spacial score (nSPS) is 12.6. The van der Waals surface area contributed by atoms with Crippen molar-refractivity contribution in [2.24, 2.45) is 0 Å². The van der Waals surface area contributed by atoms with E-state index in [9.17, 15) is 14.4 Å². The van der Waals surface area contributed by atoms with Crippen molar-refractivity contribution in [1.29, 1.82) is 0 Å². The number of aryl methyl sites for hydroxylation is 2. The Bertz CT molecular complexity index is 2390. The summed E-state index contributed by atoms with van der Waals surface area (Å²) >= 11 is 2.93. The maximum atomic E-state index is 13.6. The molecule has 3 aromatic heterocycles. The fourth-order valence-corrected chi connectivity index (χ4v) is 9.02. The van der Waals surface area contributed by atoms with Crippen LogP contribution >= 0.6 is 22.7 Å². The fraction of sp³-hybridized carbons (Fsp3) is 0.370. The Morgan fingerprint density at radius 1 is 0.850 bits per heavy atom. The van der Waals surface area contributed by atoms with Crippen LogP contribution in [0.25, 0.3) is 21.6 Å². The van der Waals surface area contributed by atoms with Crippen molar-refractivity contribution in [2.75, 3.05) is 30.5 Å². The smallest absolute Gasteiger partial charge is 0.357 e. The summed E-state index contributed by atoms with van der Waals surface area (Å²) in [5.41, 5.74) is 5.39. The number of methoxy groups -OCH3 is 1. The third-order valence-corrected chi connectivity index (χ3v) is 12.1. The average molecular weight is 847 g/mol. The SMILES string of the molecule is COC(=O)c1nc(N2CCc3cccc(C(=O)Nc4nc5ccccc5s4)c3C2)sc1CCCOc1ccc(-c2ncc(CCCCCCC(=O)OC(C)(C)C)cn2)cc1. The van der Waals surface area contributed by atoms with Crippen molar-refractivity contribution >= 4 is 61.0 Å². The average Bonchev–Trinajstić information content (AvgIpc) is 3.87. The number of anilines is 2. The number of carbonyl (C=O) groups excluding carboxylic acids is 3. The van der Waals surface area contributed by atoms with Crippen LogP contribution in [-0.4, -0.2) is 63.6 Å². The summed E-state index contributed by atoms with van der Waals surface area (Å²) in [6.07, 6.45) is 11.0. The zero-order chi connectivity index (χ0) is 42.1.